The number of likely N-dealkylation sites (tertiary alicyclic amines) is 1. The molecule has 1 saturated heterocycles. The van der Waals surface area contributed by atoms with Crippen LogP contribution in [-0.2, 0) is 22.7 Å². The number of nitrogens with one attached hydrogen (secondary N) is 1. The Kier molecular flexibility index (Phi) is 5.02. The van der Waals surface area contributed by atoms with E-state index in [1.807, 2.05) is 24.3 Å². The lowest BCUT2D eigenvalue weighted by Gasteiger charge is -2.17. The van der Waals surface area contributed by atoms with Crippen LogP contribution in [0.1, 0.15) is 23.4 Å². The number of nitrogens with zero attached hydrogens (tertiary/aromatic N) is 2. The first-order chi connectivity index (χ1) is 12.0. The van der Waals surface area contributed by atoms with Crippen molar-refractivity contribution >= 4 is 11.8 Å². The van der Waals surface area contributed by atoms with Gasteiger partial charge in [-0.2, -0.15) is 0 Å². The molecule has 1 aliphatic heterocycles. The largest absolute Gasteiger partial charge is 0.497 e. The van der Waals surface area contributed by atoms with Gasteiger partial charge in [0.25, 0.3) is 0 Å². The normalized spacial score (nSPS) is 17.0. The maximum atomic E-state index is 12.3. The number of amides is 2. The van der Waals surface area contributed by atoms with Gasteiger partial charge in [0, 0.05) is 25.6 Å². The number of methoxy groups -OCH3 is 1. The monoisotopic (exact) mass is 343 g/mol. The molecule has 2 amide bonds. The van der Waals surface area contributed by atoms with Gasteiger partial charge in [-0.3, -0.25) is 9.59 Å². The van der Waals surface area contributed by atoms with E-state index in [4.69, 9.17) is 9.26 Å². The third-order valence-electron chi connectivity index (χ3n) is 4.24. The maximum Gasteiger partial charge on any atom is 0.225 e. The van der Waals surface area contributed by atoms with E-state index >= 15 is 0 Å². The molecule has 7 heteroatoms. The summed E-state index contributed by atoms with van der Waals surface area (Å²) in [5.74, 6) is 1.00. The minimum absolute atomic E-state index is 0.00625. The predicted molar refractivity (Wildman–Crippen MR) is 89.6 cm³/mol. The average Bonchev–Trinajstić information content (AvgIpc) is 3.19. The van der Waals surface area contributed by atoms with E-state index in [0.29, 0.717) is 31.1 Å². The summed E-state index contributed by atoms with van der Waals surface area (Å²) >= 11 is 0. The minimum atomic E-state index is -0.334. The van der Waals surface area contributed by atoms with E-state index in [2.05, 4.69) is 10.5 Å². The summed E-state index contributed by atoms with van der Waals surface area (Å²) in [4.78, 5) is 26.2. The van der Waals surface area contributed by atoms with Crippen molar-refractivity contribution in [1.82, 2.24) is 15.4 Å². The van der Waals surface area contributed by atoms with Gasteiger partial charge in [-0.1, -0.05) is 17.3 Å². The first kappa shape index (κ1) is 17.0. The SMILES string of the molecule is COc1ccc(CN2C[C@@H](C(=O)NCc3cc(C)on3)CC2=O)cc1. The molecule has 132 valence electrons. The van der Waals surface area contributed by atoms with E-state index in [1.165, 1.54) is 0 Å². The zero-order valence-electron chi connectivity index (χ0n) is 14.3. The third kappa shape index (κ3) is 4.17. The summed E-state index contributed by atoms with van der Waals surface area (Å²) in [7, 11) is 1.61. The molecule has 25 heavy (non-hydrogen) atoms. The first-order valence-electron chi connectivity index (χ1n) is 8.16. The molecule has 3 rings (SSSR count). The Hall–Kier alpha value is -2.83. The molecule has 0 unspecified atom stereocenters. The Morgan fingerprint density at radius 2 is 2.16 bits per heavy atom. The van der Waals surface area contributed by atoms with Gasteiger partial charge in [-0.05, 0) is 24.6 Å². The van der Waals surface area contributed by atoms with Crippen LogP contribution in [0, 0.1) is 12.8 Å². The smallest absolute Gasteiger partial charge is 0.225 e. The van der Waals surface area contributed by atoms with Crippen LogP contribution in [-0.4, -0.2) is 35.5 Å². The van der Waals surface area contributed by atoms with E-state index in [1.54, 1.807) is 25.0 Å². The summed E-state index contributed by atoms with van der Waals surface area (Å²) in [6.45, 7) is 3.02. The molecular weight excluding hydrogens is 322 g/mol. The summed E-state index contributed by atoms with van der Waals surface area (Å²) in [5, 5.41) is 6.65. The summed E-state index contributed by atoms with van der Waals surface area (Å²) in [6, 6.07) is 9.34. The Morgan fingerprint density at radius 1 is 1.40 bits per heavy atom. The lowest BCUT2D eigenvalue weighted by Crippen LogP contribution is -2.32. The number of aromatic nitrogens is 1. The lowest BCUT2D eigenvalue weighted by atomic mass is 10.1. The molecule has 7 nitrogen and oxygen atoms in total. The van der Waals surface area contributed by atoms with Crippen molar-refractivity contribution in [3.8, 4) is 5.75 Å². The van der Waals surface area contributed by atoms with Gasteiger partial charge in [-0.15, -0.1) is 0 Å². The molecule has 1 aromatic carbocycles. The van der Waals surface area contributed by atoms with Gasteiger partial charge < -0.3 is 19.5 Å². The van der Waals surface area contributed by atoms with Crippen molar-refractivity contribution in [2.24, 2.45) is 5.92 Å². The van der Waals surface area contributed by atoms with Crippen molar-refractivity contribution in [3.63, 3.8) is 0 Å². The molecule has 0 saturated carbocycles. The van der Waals surface area contributed by atoms with E-state index in [0.717, 1.165) is 11.3 Å². The second kappa shape index (κ2) is 7.38. The van der Waals surface area contributed by atoms with Crippen molar-refractivity contribution < 1.29 is 18.8 Å². The van der Waals surface area contributed by atoms with Gasteiger partial charge >= 0.3 is 0 Å². The zero-order chi connectivity index (χ0) is 17.8. The highest BCUT2D eigenvalue weighted by Crippen LogP contribution is 2.21. The fraction of sp³-hybridized carbons (Fsp3) is 0.389. The number of benzene rings is 1. The fourth-order valence-corrected chi connectivity index (χ4v) is 2.88. The number of hydrogen-bond acceptors (Lipinski definition) is 5. The Labute approximate surface area is 145 Å². The van der Waals surface area contributed by atoms with Crippen molar-refractivity contribution in [1.29, 1.82) is 0 Å². The van der Waals surface area contributed by atoms with Gasteiger partial charge in [0.1, 0.15) is 17.2 Å². The van der Waals surface area contributed by atoms with Gasteiger partial charge in [0.2, 0.25) is 11.8 Å². The second-order valence-corrected chi connectivity index (χ2v) is 6.17. The molecule has 2 aromatic rings. The van der Waals surface area contributed by atoms with Crippen molar-refractivity contribution in [2.75, 3.05) is 13.7 Å². The molecule has 1 aliphatic rings. The van der Waals surface area contributed by atoms with Crippen LogP contribution in [0.5, 0.6) is 5.75 Å². The van der Waals surface area contributed by atoms with Crippen molar-refractivity contribution in [3.05, 3.63) is 47.3 Å². The van der Waals surface area contributed by atoms with Crippen LogP contribution < -0.4 is 10.1 Å². The third-order valence-corrected chi connectivity index (χ3v) is 4.24. The number of rotatable bonds is 6. The summed E-state index contributed by atoms with van der Waals surface area (Å²) < 4.78 is 10.1. The number of ether oxygens (including phenoxy) is 1. The second-order valence-electron chi connectivity index (χ2n) is 6.17. The van der Waals surface area contributed by atoms with Crippen molar-refractivity contribution in [2.45, 2.75) is 26.4 Å². The Balaban J connectivity index is 1.53. The molecule has 2 heterocycles. The molecule has 0 bridgehead atoms. The number of aryl methyl sites for hydroxylation is 1. The molecule has 0 spiro atoms. The van der Waals surface area contributed by atoms with Crippen LogP contribution in [0.25, 0.3) is 0 Å². The van der Waals surface area contributed by atoms with Gasteiger partial charge in [0.05, 0.1) is 19.6 Å². The van der Waals surface area contributed by atoms with E-state index in [9.17, 15) is 9.59 Å². The molecule has 0 radical (unpaired) electrons. The fourth-order valence-electron chi connectivity index (χ4n) is 2.88. The first-order valence-corrected chi connectivity index (χ1v) is 8.16. The number of carbonyl (C=O) groups is 2. The minimum Gasteiger partial charge on any atom is -0.497 e. The standard InChI is InChI=1S/C18H21N3O4/c1-12-7-15(20-25-12)9-19-18(23)14-8-17(22)21(11-14)10-13-3-5-16(24-2)6-4-13/h3-7,14H,8-11H2,1-2H3,(H,19,23)/t14-/m0/s1. The number of carbonyl (C=O) groups excluding carboxylic acids is 2. The highest BCUT2D eigenvalue weighted by atomic mass is 16.5. The van der Waals surface area contributed by atoms with Crippen LogP contribution in [0.3, 0.4) is 0 Å². The quantitative estimate of drug-likeness (QED) is 0.862. The molecule has 1 N–H and O–H groups in total. The van der Waals surface area contributed by atoms with Gasteiger partial charge in [-0.25, -0.2) is 0 Å². The lowest BCUT2D eigenvalue weighted by molar-refractivity contribution is -0.129. The number of hydrogen-bond donors (Lipinski definition) is 1. The molecule has 1 fully saturated rings. The summed E-state index contributed by atoms with van der Waals surface area (Å²) in [5.41, 5.74) is 1.68. The summed E-state index contributed by atoms with van der Waals surface area (Å²) in [6.07, 6.45) is 0.236. The van der Waals surface area contributed by atoms with Crippen LogP contribution in [0.15, 0.2) is 34.9 Å². The predicted octanol–water partition coefficient (Wildman–Crippen LogP) is 1.66. The topological polar surface area (TPSA) is 84.7 Å². The Bertz CT molecular complexity index is 754. The average molecular weight is 343 g/mol. The molecule has 1 atom stereocenters. The highest BCUT2D eigenvalue weighted by Gasteiger charge is 2.34. The van der Waals surface area contributed by atoms with Gasteiger partial charge in [0.15, 0.2) is 0 Å². The van der Waals surface area contributed by atoms with E-state index in [-0.39, 0.29) is 24.2 Å². The molecular formula is C18H21N3O4. The highest BCUT2D eigenvalue weighted by molar-refractivity contribution is 5.89. The van der Waals surface area contributed by atoms with Crippen LogP contribution in [0.2, 0.25) is 0 Å². The maximum absolute atomic E-state index is 12.3. The zero-order valence-corrected chi connectivity index (χ0v) is 14.3. The van der Waals surface area contributed by atoms with Crippen LogP contribution >= 0.6 is 0 Å². The molecule has 1 aromatic heterocycles. The van der Waals surface area contributed by atoms with E-state index < -0.39 is 0 Å². The molecule has 0 aliphatic carbocycles. The van der Waals surface area contributed by atoms with Crippen LogP contribution in [0.4, 0.5) is 0 Å². The Morgan fingerprint density at radius 3 is 2.80 bits per heavy atom.